The third kappa shape index (κ3) is 8.57. The lowest BCUT2D eigenvalue weighted by Gasteiger charge is -2.45. The lowest BCUT2D eigenvalue weighted by Crippen LogP contribution is -2.61. The smallest absolute Gasteiger partial charge is 0.186 e. The number of methoxy groups -OCH3 is 1. The highest BCUT2D eigenvalue weighted by atomic mass is 16.7. The summed E-state index contributed by atoms with van der Waals surface area (Å²) in [7, 11) is 1.46. The molecular weight excluding hydrogens is 516 g/mol. The highest BCUT2D eigenvalue weighted by Gasteiger charge is 2.48. The monoisotopic (exact) mass is 558 g/mol. The molecule has 0 saturated carbocycles. The van der Waals surface area contributed by atoms with E-state index in [0.717, 1.165) is 0 Å². The number of ether oxygens (including phenoxy) is 6. The van der Waals surface area contributed by atoms with Gasteiger partial charge in [0.15, 0.2) is 6.29 Å². The third-order valence-electron chi connectivity index (χ3n) is 6.59. The second kappa shape index (κ2) is 15.6. The van der Waals surface area contributed by atoms with E-state index in [4.69, 9.17) is 33.9 Å². The first-order valence-electron chi connectivity index (χ1n) is 15.9. The van der Waals surface area contributed by atoms with Crippen LogP contribution in [0.1, 0.15) is 27.7 Å². The molecule has 214 valence electrons. The molecule has 5 unspecified atom stereocenters. The Balaban J connectivity index is 1.48. The molecule has 9 atom stereocenters. The van der Waals surface area contributed by atoms with Crippen molar-refractivity contribution >= 4 is 0 Å². The van der Waals surface area contributed by atoms with Crippen LogP contribution in [-0.2, 0) is 54.8 Å². The zero-order valence-electron chi connectivity index (χ0n) is 26.9. The molecule has 4 aromatic carbocycles. The largest absolute Gasteiger partial charge is 0.374 e. The maximum absolute atomic E-state index is 8.92. The zero-order chi connectivity index (χ0) is 31.6. The first kappa shape index (κ1) is 24.3. The standard InChI is InChI=1S/C35H38O6/c1-36-35-34(40-25-30-20-12-5-13-21-30)33(39-24-29-18-10-4-11-19-29)32(38-23-28-16-8-3-9-17-28)31(41-35)26-37-22-27-14-6-2-7-15-27/h2-21,31-35H,22-26H2,1H3/t31-,32-,33+,34+,35?/m1/s1/i22D,23D,24D,25D/t22?,23?,24?,25?,31-,32-,33+,34+,35?. The molecule has 0 radical (unpaired) electrons. The summed E-state index contributed by atoms with van der Waals surface area (Å²) in [5.74, 6) is 0. The van der Waals surface area contributed by atoms with Gasteiger partial charge in [0, 0.05) is 7.11 Å². The van der Waals surface area contributed by atoms with Gasteiger partial charge < -0.3 is 28.4 Å². The van der Waals surface area contributed by atoms with Gasteiger partial charge in [-0.2, -0.15) is 0 Å². The van der Waals surface area contributed by atoms with Crippen LogP contribution in [0.5, 0.6) is 0 Å². The molecule has 1 aliphatic heterocycles. The number of hydrogen-bond acceptors (Lipinski definition) is 6. The Morgan fingerprint density at radius 1 is 0.537 bits per heavy atom. The molecule has 0 aliphatic carbocycles. The quantitative estimate of drug-likeness (QED) is 0.180. The average molecular weight is 559 g/mol. The molecule has 0 aromatic heterocycles. The molecule has 0 N–H and O–H groups in total. The highest BCUT2D eigenvalue weighted by Crippen LogP contribution is 2.31. The predicted molar refractivity (Wildman–Crippen MR) is 157 cm³/mol. The van der Waals surface area contributed by atoms with E-state index >= 15 is 0 Å². The van der Waals surface area contributed by atoms with Crippen LogP contribution in [0.3, 0.4) is 0 Å². The van der Waals surface area contributed by atoms with Crippen molar-refractivity contribution < 1.29 is 33.9 Å². The second-order valence-corrected chi connectivity index (χ2v) is 9.53. The summed E-state index contributed by atoms with van der Waals surface area (Å²) in [5, 5.41) is 0. The van der Waals surface area contributed by atoms with Gasteiger partial charge in [-0.15, -0.1) is 0 Å². The molecule has 5 rings (SSSR count). The zero-order valence-corrected chi connectivity index (χ0v) is 22.9. The van der Waals surface area contributed by atoms with Crippen LogP contribution in [0.4, 0.5) is 0 Å². The Labute approximate surface area is 248 Å². The SMILES string of the molecule is [2H]C(OC[C@H]1OC(OC)[C@@H](OC([2H])c2ccccc2)[C@@H](OC([2H])c2ccccc2)[C@@H]1OC([2H])c1ccccc1)c1ccccc1. The van der Waals surface area contributed by atoms with Crippen molar-refractivity contribution in [3.05, 3.63) is 144 Å². The van der Waals surface area contributed by atoms with Crippen molar-refractivity contribution in [1.29, 1.82) is 0 Å². The first-order chi connectivity index (χ1) is 21.9. The minimum absolute atomic E-state index is 0.0985. The van der Waals surface area contributed by atoms with E-state index < -0.39 is 57.0 Å². The second-order valence-electron chi connectivity index (χ2n) is 9.53. The Kier molecular flexibility index (Phi) is 9.22. The topological polar surface area (TPSA) is 55.4 Å². The van der Waals surface area contributed by atoms with Crippen LogP contribution in [0.2, 0.25) is 0 Å². The number of rotatable bonds is 14. The molecular formula is C35H38O6. The summed E-state index contributed by atoms with van der Waals surface area (Å²) in [6.07, 6.45) is -4.98. The van der Waals surface area contributed by atoms with Gasteiger partial charge in [0.25, 0.3) is 0 Å². The highest BCUT2D eigenvalue weighted by molar-refractivity contribution is 5.16. The molecule has 0 amide bonds. The van der Waals surface area contributed by atoms with Crippen molar-refractivity contribution in [2.45, 2.75) is 57.0 Å². The molecule has 1 saturated heterocycles. The van der Waals surface area contributed by atoms with Crippen LogP contribution in [0.25, 0.3) is 0 Å². The fourth-order valence-electron chi connectivity index (χ4n) is 4.50. The molecule has 1 heterocycles. The van der Waals surface area contributed by atoms with Crippen LogP contribution in [0.15, 0.2) is 121 Å². The van der Waals surface area contributed by atoms with Crippen molar-refractivity contribution in [1.82, 2.24) is 0 Å². The molecule has 6 heteroatoms. The molecule has 4 aromatic rings. The first-order valence-corrected chi connectivity index (χ1v) is 13.6. The fourth-order valence-corrected chi connectivity index (χ4v) is 4.50. The minimum atomic E-state index is -1.15. The van der Waals surface area contributed by atoms with Gasteiger partial charge in [-0.25, -0.2) is 0 Å². The normalized spacial score (nSPS) is 26.9. The summed E-state index contributed by atoms with van der Waals surface area (Å²) in [6.45, 7) is -4.53. The Bertz CT molecular complexity index is 1410. The van der Waals surface area contributed by atoms with Crippen molar-refractivity contribution in [3.63, 3.8) is 0 Å². The van der Waals surface area contributed by atoms with Crippen LogP contribution >= 0.6 is 0 Å². The summed E-state index contributed by atoms with van der Waals surface area (Å²) in [5.41, 5.74) is 2.50. The van der Waals surface area contributed by atoms with Gasteiger partial charge in [-0.1, -0.05) is 121 Å². The molecule has 1 aliphatic rings. The third-order valence-corrected chi connectivity index (χ3v) is 6.59. The number of hydrogen-bond donors (Lipinski definition) is 0. The lowest BCUT2D eigenvalue weighted by atomic mass is 9.97. The van der Waals surface area contributed by atoms with Gasteiger partial charge in [0.1, 0.15) is 24.4 Å². The van der Waals surface area contributed by atoms with E-state index in [1.54, 1.807) is 48.5 Å². The molecule has 6 nitrogen and oxygen atoms in total. The fraction of sp³-hybridized carbons (Fsp3) is 0.314. The van der Waals surface area contributed by atoms with Gasteiger partial charge in [-0.05, 0) is 22.3 Å². The maximum Gasteiger partial charge on any atom is 0.186 e. The minimum Gasteiger partial charge on any atom is -0.374 e. The van der Waals surface area contributed by atoms with Crippen LogP contribution in [0, 0.1) is 0 Å². The summed E-state index contributed by atoms with van der Waals surface area (Å²) >= 11 is 0. The van der Waals surface area contributed by atoms with Crippen LogP contribution in [-0.4, -0.2) is 44.4 Å². The van der Waals surface area contributed by atoms with Gasteiger partial charge in [0.05, 0.1) is 38.4 Å². The number of benzene rings is 4. The molecule has 1 fully saturated rings. The Hall–Kier alpha value is -3.36. The predicted octanol–water partition coefficient (Wildman–Crippen LogP) is 6.33. The van der Waals surface area contributed by atoms with E-state index in [-0.39, 0.29) is 6.61 Å². The van der Waals surface area contributed by atoms with Crippen LogP contribution < -0.4 is 0 Å². The summed E-state index contributed by atoms with van der Waals surface area (Å²) in [6, 6.07) is 36.4. The van der Waals surface area contributed by atoms with Gasteiger partial charge in [-0.3, -0.25) is 0 Å². The van der Waals surface area contributed by atoms with Crippen molar-refractivity contribution in [2.75, 3.05) is 13.7 Å². The summed E-state index contributed by atoms with van der Waals surface area (Å²) in [4.78, 5) is 0. The van der Waals surface area contributed by atoms with E-state index in [1.165, 1.54) is 7.11 Å². The van der Waals surface area contributed by atoms with Gasteiger partial charge in [0.2, 0.25) is 0 Å². The van der Waals surface area contributed by atoms with Gasteiger partial charge >= 0.3 is 0 Å². The van der Waals surface area contributed by atoms with Crippen molar-refractivity contribution in [3.8, 4) is 0 Å². The molecule has 41 heavy (non-hydrogen) atoms. The Morgan fingerprint density at radius 3 is 1.37 bits per heavy atom. The van der Waals surface area contributed by atoms with E-state index in [9.17, 15) is 0 Å². The van der Waals surface area contributed by atoms with E-state index in [0.29, 0.717) is 22.3 Å². The average Bonchev–Trinajstić information content (AvgIpc) is 3.10. The Morgan fingerprint density at radius 2 is 0.927 bits per heavy atom. The molecule has 0 spiro atoms. The summed E-state index contributed by atoms with van der Waals surface area (Å²) < 4.78 is 72.3. The van der Waals surface area contributed by atoms with Crippen molar-refractivity contribution in [2.24, 2.45) is 0 Å². The molecule has 0 bridgehead atoms. The maximum atomic E-state index is 8.92. The van der Waals surface area contributed by atoms with E-state index in [2.05, 4.69) is 0 Å². The lowest BCUT2D eigenvalue weighted by molar-refractivity contribution is -0.323. The van der Waals surface area contributed by atoms with E-state index in [1.807, 2.05) is 72.8 Å².